The summed E-state index contributed by atoms with van der Waals surface area (Å²) < 4.78 is 5.57. The first kappa shape index (κ1) is 18.4. The van der Waals surface area contributed by atoms with Crippen molar-refractivity contribution in [1.29, 1.82) is 0 Å². The van der Waals surface area contributed by atoms with Crippen molar-refractivity contribution < 1.29 is 18.9 Å². The molecule has 9 heteroatoms. The highest BCUT2D eigenvalue weighted by Gasteiger charge is 2.22. The zero-order chi connectivity index (χ0) is 16.5. The van der Waals surface area contributed by atoms with E-state index in [1.807, 2.05) is 21.0 Å². The van der Waals surface area contributed by atoms with Crippen LogP contribution in [0.3, 0.4) is 0 Å². The molecule has 0 saturated carbocycles. The van der Waals surface area contributed by atoms with Crippen LogP contribution in [-0.4, -0.2) is 54.9 Å². The van der Waals surface area contributed by atoms with Crippen molar-refractivity contribution in [3.63, 3.8) is 0 Å². The fourth-order valence-electron chi connectivity index (χ4n) is 1.87. The van der Waals surface area contributed by atoms with E-state index in [1.165, 1.54) is 4.90 Å². The van der Waals surface area contributed by atoms with Crippen LogP contribution in [0.2, 0.25) is 0 Å². The average Bonchev–Trinajstić information content (AvgIpc) is 2.92. The summed E-state index contributed by atoms with van der Waals surface area (Å²) in [6.45, 7) is 4.40. The van der Waals surface area contributed by atoms with Crippen LogP contribution in [-0.2, 0) is 9.59 Å². The Morgan fingerprint density at radius 2 is 1.95 bits per heavy atom. The molecule has 1 aromatic rings. The Morgan fingerprint density at radius 1 is 1.23 bits per heavy atom. The number of thioether (sulfide) groups is 1. The number of carbonyl (C=O) groups excluding carboxylic acids is 2. The molecule has 2 amide bonds. The minimum Gasteiger partial charge on any atom is -0.410 e. The van der Waals surface area contributed by atoms with Crippen LogP contribution in [0.5, 0.6) is 0 Å². The van der Waals surface area contributed by atoms with Crippen LogP contribution < -0.4 is 15.5 Å². The summed E-state index contributed by atoms with van der Waals surface area (Å²) >= 11 is 1.16. The highest BCUT2D eigenvalue weighted by molar-refractivity contribution is 7.99. The Labute approximate surface area is 134 Å². The van der Waals surface area contributed by atoms with E-state index < -0.39 is 0 Å². The Hall–Kier alpha value is -1.61. The van der Waals surface area contributed by atoms with Crippen molar-refractivity contribution >= 4 is 23.6 Å². The molecule has 0 radical (unpaired) electrons. The third kappa shape index (κ3) is 6.02. The van der Waals surface area contributed by atoms with Gasteiger partial charge in [0.05, 0.1) is 26.4 Å². The maximum Gasteiger partial charge on any atom is 0.277 e. The molecule has 0 unspecified atom stereocenters. The SMILES string of the molecule is CCNC(=O)CNC(=O)CSc1nnc([C@H](CC)[NH+](C)C)o1. The minimum atomic E-state index is -0.249. The second-order valence-electron chi connectivity index (χ2n) is 4.96. The van der Waals surface area contributed by atoms with Crippen molar-refractivity contribution in [3.8, 4) is 0 Å². The summed E-state index contributed by atoms with van der Waals surface area (Å²) in [6.07, 6.45) is 0.891. The number of aromatic nitrogens is 2. The summed E-state index contributed by atoms with van der Waals surface area (Å²) in [7, 11) is 4.06. The van der Waals surface area contributed by atoms with Gasteiger partial charge in [0, 0.05) is 13.0 Å². The smallest absolute Gasteiger partial charge is 0.277 e. The standard InChI is InChI=1S/C13H23N5O3S/c1-5-9(18(3)4)12-16-17-13(21-12)22-8-11(20)15-7-10(19)14-6-2/h9H,5-8H2,1-4H3,(H,14,19)(H,15,20)/p+1/t9-/m0/s1. The second-order valence-corrected chi connectivity index (χ2v) is 5.89. The van der Waals surface area contributed by atoms with Crippen LogP contribution in [0.15, 0.2) is 9.64 Å². The number of carbonyl (C=O) groups is 2. The van der Waals surface area contributed by atoms with Crippen LogP contribution in [0.1, 0.15) is 32.2 Å². The monoisotopic (exact) mass is 330 g/mol. The fraction of sp³-hybridized carbons (Fsp3) is 0.692. The number of quaternary nitrogens is 1. The molecule has 0 fully saturated rings. The van der Waals surface area contributed by atoms with Gasteiger partial charge in [-0.25, -0.2) is 0 Å². The quantitative estimate of drug-likeness (QED) is 0.503. The molecule has 0 aliphatic carbocycles. The first-order valence-corrected chi connectivity index (χ1v) is 8.26. The Kier molecular flexibility index (Phi) is 7.89. The first-order valence-electron chi connectivity index (χ1n) is 7.27. The maximum absolute atomic E-state index is 11.6. The molecule has 1 aromatic heterocycles. The molecular weight excluding hydrogens is 306 g/mol. The van der Waals surface area contributed by atoms with Gasteiger partial charge in [0.25, 0.3) is 11.1 Å². The van der Waals surface area contributed by atoms with Crippen molar-refractivity contribution in [2.75, 3.05) is 32.9 Å². The van der Waals surface area contributed by atoms with E-state index in [-0.39, 0.29) is 30.2 Å². The summed E-state index contributed by atoms with van der Waals surface area (Å²) in [5.41, 5.74) is 0. The minimum absolute atomic E-state index is 0.0236. The molecular formula is C13H24N5O3S+. The second kappa shape index (κ2) is 9.42. The molecule has 1 heterocycles. The average molecular weight is 330 g/mol. The van der Waals surface area contributed by atoms with Gasteiger partial charge in [-0.15, -0.1) is 10.2 Å². The van der Waals surface area contributed by atoms with E-state index >= 15 is 0 Å². The number of rotatable bonds is 9. The van der Waals surface area contributed by atoms with Gasteiger partial charge >= 0.3 is 0 Å². The van der Waals surface area contributed by atoms with Crippen molar-refractivity contribution in [1.82, 2.24) is 20.8 Å². The lowest BCUT2D eigenvalue weighted by atomic mass is 10.2. The lowest BCUT2D eigenvalue weighted by Gasteiger charge is -2.15. The van der Waals surface area contributed by atoms with E-state index in [1.54, 1.807) is 0 Å². The van der Waals surface area contributed by atoms with Gasteiger partial charge in [0.2, 0.25) is 11.8 Å². The van der Waals surface area contributed by atoms with Gasteiger partial charge in [-0.05, 0) is 6.92 Å². The van der Waals surface area contributed by atoms with Crippen LogP contribution in [0.25, 0.3) is 0 Å². The fourth-order valence-corrected chi connectivity index (χ4v) is 2.47. The van der Waals surface area contributed by atoms with Gasteiger partial charge < -0.3 is 20.0 Å². The Bertz CT molecular complexity index is 492. The van der Waals surface area contributed by atoms with E-state index in [2.05, 4.69) is 27.8 Å². The van der Waals surface area contributed by atoms with Crippen molar-refractivity contribution in [2.24, 2.45) is 0 Å². The van der Waals surface area contributed by atoms with Crippen LogP contribution >= 0.6 is 11.8 Å². The summed E-state index contributed by atoms with van der Waals surface area (Å²) in [5, 5.41) is 13.5. The molecule has 0 aliphatic rings. The number of amides is 2. The highest BCUT2D eigenvalue weighted by Crippen LogP contribution is 2.19. The molecule has 3 N–H and O–H groups in total. The van der Waals surface area contributed by atoms with E-state index in [4.69, 9.17) is 4.42 Å². The first-order chi connectivity index (χ1) is 10.5. The molecule has 0 aliphatic heterocycles. The van der Waals surface area contributed by atoms with Gasteiger partial charge in [0.15, 0.2) is 6.04 Å². The number of nitrogens with zero attached hydrogens (tertiary/aromatic N) is 2. The van der Waals surface area contributed by atoms with Gasteiger partial charge in [0.1, 0.15) is 0 Å². The molecule has 0 saturated heterocycles. The predicted molar refractivity (Wildman–Crippen MR) is 82.6 cm³/mol. The Morgan fingerprint density at radius 3 is 2.55 bits per heavy atom. The lowest BCUT2D eigenvalue weighted by molar-refractivity contribution is -0.894. The molecule has 8 nitrogen and oxygen atoms in total. The Balaban J connectivity index is 2.40. The summed E-state index contributed by atoms with van der Waals surface area (Å²) in [6, 6.07) is 0.147. The highest BCUT2D eigenvalue weighted by atomic mass is 32.2. The predicted octanol–water partition coefficient (Wildman–Crippen LogP) is -0.990. The van der Waals surface area contributed by atoms with Gasteiger partial charge in [-0.3, -0.25) is 9.59 Å². The largest absolute Gasteiger partial charge is 0.410 e. The molecule has 0 spiro atoms. The molecule has 22 heavy (non-hydrogen) atoms. The number of hydrogen-bond acceptors (Lipinski definition) is 6. The normalized spacial score (nSPS) is 12.2. The number of hydrogen-bond donors (Lipinski definition) is 3. The molecule has 1 rings (SSSR count). The van der Waals surface area contributed by atoms with Crippen molar-refractivity contribution in [3.05, 3.63) is 5.89 Å². The van der Waals surface area contributed by atoms with E-state index in [9.17, 15) is 9.59 Å². The molecule has 124 valence electrons. The zero-order valence-electron chi connectivity index (χ0n) is 13.4. The van der Waals surface area contributed by atoms with Crippen LogP contribution in [0.4, 0.5) is 0 Å². The van der Waals surface area contributed by atoms with Crippen LogP contribution in [0, 0.1) is 0 Å². The molecule has 0 bridgehead atoms. The van der Waals surface area contributed by atoms with Gasteiger partial charge in [-0.2, -0.15) is 0 Å². The number of likely N-dealkylation sites (N-methyl/N-ethyl adjacent to an activating group) is 1. The van der Waals surface area contributed by atoms with Crippen molar-refractivity contribution in [2.45, 2.75) is 31.5 Å². The lowest BCUT2D eigenvalue weighted by Crippen LogP contribution is -3.06. The van der Waals surface area contributed by atoms with E-state index in [0.717, 1.165) is 18.2 Å². The summed E-state index contributed by atoms with van der Waals surface area (Å²) in [4.78, 5) is 24.1. The molecule has 0 aromatic carbocycles. The van der Waals surface area contributed by atoms with Gasteiger partial charge in [-0.1, -0.05) is 18.7 Å². The zero-order valence-corrected chi connectivity index (χ0v) is 14.2. The topological polar surface area (TPSA) is 102 Å². The summed E-state index contributed by atoms with van der Waals surface area (Å²) in [5.74, 6) is 0.252. The third-order valence-electron chi connectivity index (χ3n) is 2.97. The third-order valence-corrected chi connectivity index (χ3v) is 3.79. The van der Waals surface area contributed by atoms with E-state index in [0.29, 0.717) is 17.7 Å². The maximum atomic E-state index is 11.6. The number of nitrogens with one attached hydrogen (secondary N) is 3. The molecule has 1 atom stereocenters.